The van der Waals surface area contributed by atoms with Gasteiger partial charge in [-0.1, -0.05) is 0 Å². The summed E-state index contributed by atoms with van der Waals surface area (Å²) in [6.07, 6.45) is 3.45. The topological polar surface area (TPSA) is 53.1 Å². The molecule has 0 spiro atoms. The SMILES string of the molecule is CC(C)n1c(C2CC2)nc(-c2ccc3c(c2)CCO3)c1N. The first-order valence-electron chi connectivity index (χ1n) is 7.79. The lowest BCUT2D eigenvalue weighted by Gasteiger charge is -2.13. The summed E-state index contributed by atoms with van der Waals surface area (Å²) in [5, 5.41) is 0. The number of benzene rings is 1. The van der Waals surface area contributed by atoms with E-state index in [0.29, 0.717) is 12.0 Å². The highest BCUT2D eigenvalue weighted by Crippen LogP contribution is 2.43. The van der Waals surface area contributed by atoms with Crippen molar-refractivity contribution in [3.05, 3.63) is 29.6 Å². The number of hydrogen-bond donors (Lipinski definition) is 1. The Labute approximate surface area is 124 Å². The van der Waals surface area contributed by atoms with Crippen LogP contribution in [0.1, 0.15) is 50.0 Å². The number of ether oxygens (including phenoxy) is 1. The molecule has 21 heavy (non-hydrogen) atoms. The van der Waals surface area contributed by atoms with Crippen LogP contribution in [0.4, 0.5) is 5.82 Å². The number of fused-ring (bicyclic) bond motifs is 1. The van der Waals surface area contributed by atoms with Gasteiger partial charge in [0.1, 0.15) is 23.1 Å². The smallest absolute Gasteiger partial charge is 0.131 e. The molecule has 0 atom stereocenters. The minimum atomic E-state index is 0.347. The molecule has 4 nitrogen and oxygen atoms in total. The number of imidazole rings is 1. The van der Waals surface area contributed by atoms with Crippen molar-refractivity contribution >= 4 is 5.82 Å². The predicted molar refractivity (Wildman–Crippen MR) is 83.6 cm³/mol. The molecule has 0 amide bonds. The second-order valence-corrected chi connectivity index (χ2v) is 6.36. The van der Waals surface area contributed by atoms with E-state index in [1.807, 2.05) is 6.07 Å². The molecule has 1 aromatic heterocycles. The summed E-state index contributed by atoms with van der Waals surface area (Å²) in [7, 11) is 0. The van der Waals surface area contributed by atoms with Gasteiger partial charge in [0.15, 0.2) is 0 Å². The zero-order valence-corrected chi connectivity index (χ0v) is 12.6. The Morgan fingerprint density at radius 1 is 1.33 bits per heavy atom. The molecule has 1 aromatic carbocycles. The van der Waals surface area contributed by atoms with Gasteiger partial charge in [0.05, 0.1) is 6.61 Å². The van der Waals surface area contributed by atoms with Crippen molar-refractivity contribution < 1.29 is 4.74 Å². The molecule has 4 rings (SSSR count). The molecule has 1 fully saturated rings. The highest BCUT2D eigenvalue weighted by Gasteiger charge is 2.32. The number of nitrogens with zero attached hydrogens (tertiary/aromatic N) is 2. The summed E-state index contributed by atoms with van der Waals surface area (Å²) in [6, 6.07) is 6.65. The lowest BCUT2D eigenvalue weighted by atomic mass is 10.1. The third kappa shape index (κ3) is 2.01. The van der Waals surface area contributed by atoms with Gasteiger partial charge >= 0.3 is 0 Å². The first-order chi connectivity index (χ1) is 10.1. The van der Waals surface area contributed by atoms with Gasteiger partial charge in [-0.3, -0.25) is 0 Å². The molecule has 1 saturated carbocycles. The molecule has 2 N–H and O–H groups in total. The average molecular weight is 283 g/mol. The van der Waals surface area contributed by atoms with Crippen LogP contribution in [0.25, 0.3) is 11.3 Å². The van der Waals surface area contributed by atoms with E-state index >= 15 is 0 Å². The molecule has 4 heteroatoms. The van der Waals surface area contributed by atoms with Crippen LogP contribution in [0, 0.1) is 0 Å². The number of nitrogen functional groups attached to an aromatic ring is 1. The van der Waals surface area contributed by atoms with Gasteiger partial charge in [-0.15, -0.1) is 0 Å². The van der Waals surface area contributed by atoms with Crippen LogP contribution in [0.5, 0.6) is 5.75 Å². The second kappa shape index (κ2) is 4.52. The maximum atomic E-state index is 6.42. The molecule has 110 valence electrons. The van der Waals surface area contributed by atoms with E-state index in [4.69, 9.17) is 15.5 Å². The fraction of sp³-hybridized carbons (Fsp3) is 0.471. The van der Waals surface area contributed by atoms with Crippen LogP contribution in [-0.4, -0.2) is 16.2 Å². The summed E-state index contributed by atoms with van der Waals surface area (Å²) < 4.78 is 7.78. The Balaban J connectivity index is 1.83. The van der Waals surface area contributed by atoms with E-state index in [-0.39, 0.29) is 0 Å². The number of nitrogens with two attached hydrogens (primary N) is 1. The molecular weight excluding hydrogens is 262 g/mol. The van der Waals surface area contributed by atoms with Crippen LogP contribution >= 0.6 is 0 Å². The Hall–Kier alpha value is -1.97. The molecule has 1 aliphatic heterocycles. The highest BCUT2D eigenvalue weighted by molar-refractivity contribution is 5.73. The molecular formula is C17H21N3O. The number of aromatic nitrogens is 2. The first kappa shape index (κ1) is 12.7. The fourth-order valence-electron chi connectivity index (χ4n) is 3.18. The van der Waals surface area contributed by atoms with Crippen molar-refractivity contribution in [2.24, 2.45) is 0 Å². The maximum Gasteiger partial charge on any atom is 0.131 e. The summed E-state index contributed by atoms with van der Waals surface area (Å²) in [5.74, 6) is 3.56. The van der Waals surface area contributed by atoms with Crippen molar-refractivity contribution in [3.8, 4) is 17.0 Å². The maximum absolute atomic E-state index is 6.42. The van der Waals surface area contributed by atoms with Gasteiger partial charge in [0.25, 0.3) is 0 Å². The van der Waals surface area contributed by atoms with Gasteiger partial charge < -0.3 is 15.0 Å². The fourth-order valence-corrected chi connectivity index (χ4v) is 3.18. The minimum Gasteiger partial charge on any atom is -0.493 e. The molecule has 0 radical (unpaired) electrons. The summed E-state index contributed by atoms with van der Waals surface area (Å²) >= 11 is 0. The number of hydrogen-bond acceptors (Lipinski definition) is 3. The van der Waals surface area contributed by atoms with E-state index in [0.717, 1.165) is 41.7 Å². The third-order valence-corrected chi connectivity index (χ3v) is 4.40. The van der Waals surface area contributed by atoms with Crippen LogP contribution in [-0.2, 0) is 6.42 Å². The van der Waals surface area contributed by atoms with Crippen molar-refractivity contribution in [2.75, 3.05) is 12.3 Å². The highest BCUT2D eigenvalue weighted by atomic mass is 16.5. The lowest BCUT2D eigenvalue weighted by Crippen LogP contribution is -2.08. The minimum absolute atomic E-state index is 0.347. The van der Waals surface area contributed by atoms with Crippen molar-refractivity contribution in [1.29, 1.82) is 0 Å². The van der Waals surface area contributed by atoms with E-state index in [2.05, 4.69) is 30.5 Å². The van der Waals surface area contributed by atoms with Crippen molar-refractivity contribution in [3.63, 3.8) is 0 Å². The van der Waals surface area contributed by atoms with Gasteiger partial charge in [-0.05, 0) is 50.5 Å². The second-order valence-electron chi connectivity index (χ2n) is 6.36. The largest absolute Gasteiger partial charge is 0.493 e. The third-order valence-electron chi connectivity index (χ3n) is 4.40. The molecule has 0 bridgehead atoms. The number of rotatable bonds is 3. The van der Waals surface area contributed by atoms with Crippen molar-refractivity contribution in [2.45, 2.75) is 45.1 Å². The molecule has 2 aliphatic rings. The summed E-state index contributed by atoms with van der Waals surface area (Å²) in [6.45, 7) is 5.12. The first-order valence-corrected chi connectivity index (χ1v) is 7.79. The van der Waals surface area contributed by atoms with Gasteiger partial charge in [-0.2, -0.15) is 0 Å². The molecule has 2 heterocycles. The van der Waals surface area contributed by atoms with Gasteiger partial charge in [0.2, 0.25) is 0 Å². The van der Waals surface area contributed by atoms with E-state index in [1.54, 1.807) is 0 Å². The average Bonchev–Trinajstić information content (AvgIpc) is 3.09. The Bertz CT molecular complexity index is 698. The Morgan fingerprint density at radius 3 is 2.86 bits per heavy atom. The number of anilines is 1. The van der Waals surface area contributed by atoms with Crippen LogP contribution in [0.15, 0.2) is 18.2 Å². The zero-order chi connectivity index (χ0) is 14.6. The molecule has 1 aliphatic carbocycles. The van der Waals surface area contributed by atoms with E-state index < -0.39 is 0 Å². The van der Waals surface area contributed by atoms with Crippen molar-refractivity contribution in [1.82, 2.24) is 9.55 Å². The Morgan fingerprint density at radius 2 is 2.14 bits per heavy atom. The lowest BCUT2D eigenvalue weighted by molar-refractivity contribution is 0.357. The van der Waals surface area contributed by atoms with Crippen LogP contribution < -0.4 is 10.5 Å². The Kier molecular flexibility index (Phi) is 2.74. The van der Waals surface area contributed by atoms with Gasteiger partial charge in [-0.25, -0.2) is 4.98 Å². The van der Waals surface area contributed by atoms with Crippen LogP contribution in [0.2, 0.25) is 0 Å². The van der Waals surface area contributed by atoms with E-state index in [1.165, 1.54) is 18.4 Å². The molecule has 2 aromatic rings. The zero-order valence-electron chi connectivity index (χ0n) is 12.6. The monoisotopic (exact) mass is 283 g/mol. The standard InChI is InChI=1S/C17H21N3O/c1-10(2)20-16(18)15(19-17(20)11-3-4-11)13-5-6-14-12(9-13)7-8-21-14/h5-6,9-11H,3-4,7-8,18H2,1-2H3. The summed E-state index contributed by atoms with van der Waals surface area (Å²) in [4.78, 5) is 4.89. The molecule has 0 saturated heterocycles. The van der Waals surface area contributed by atoms with Crippen LogP contribution in [0.3, 0.4) is 0 Å². The quantitative estimate of drug-likeness (QED) is 0.937. The normalized spacial score (nSPS) is 17.1. The van der Waals surface area contributed by atoms with E-state index in [9.17, 15) is 0 Å². The molecule has 0 unspecified atom stereocenters. The summed E-state index contributed by atoms with van der Waals surface area (Å²) in [5.41, 5.74) is 9.72. The van der Waals surface area contributed by atoms with Gasteiger partial charge in [0, 0.05) is 23.9 Å². The predicted octanol–water partition coefficient (Wildman–Crippen LogP) is 3.53.